The Morgan fingerprint density at radius 2 is 2.33 bits per heavy atom. The molecule has 0 saturated heterocycles. The fraction of sp³-hybridized carbons (Fsp3) is 0.200. The minimum atomic E-state index is -1.05. The second-order valence-electron chi connectivity index (χ2n) is 3.25. The first kappa shape index (κ1) is 10.3. The lowest BCUT2D eigenvalue weighted by atomic mass is 10.2. The summed E-state index contributed by atoms with van der Waals surface area (Å²) < 4.78 is 15.4. The Balaban J connectivity index is 2.70. The molecule has 1 unspecified atom stereocenters. The molecule has 0 aromatic carbocycles. The van der Waals surface area contributed by atoms with Gasteiger partial charge in [0.2, 0.25) is 0 Å². The van der Waals surface area contributed by atoms with Crippen molar-refractivity contribution in [3.63, 3.8) is 0 Å². The quantitative estimate of drug-likeness (QED) is 0.787. The molecule has 0 aliphatic carbocycles. The summed E-state index contributed by atoms with van der Waals surface area (Å²) in [6, 6.07) is 1.67. The average Bonchev–Trinajstić information content (AvgIpc) is 2.61. The molecule has 0 saturated carbocycles. The Kier molecular flexibility index (Phi) is 2.56. The van der Waals surface area contributed by atoms with E-state index in [1.54, 1.807) is 22.9 Å². The van der Waals surface area contributed by atoms with Crippen LogP contribution in [0.15, 0.2) is 22.9 Å². The minimum absolute atomic E-state index is 0.333. The molecule has 0 bridgehead atoms. The predicted molar refractivity (Wildman–Crippen MR) is 57.8 cm³/mol. The standard InChI is InChI=1S/C10H8BrFN2O/c1-6(12)7-2-9(11)10-13-8(5-15)4-14(10)3-7/h2-6H,1H3. The van der Waals surface area contributed by atoms with Gasteiger partial charge in [0.05, 0.1) is 4.47 Å². The zero-order valence-electron chi connectivity index (χ0n) is 7.95. The van der Waals surface area contributed by atoms with Crippen molar-refractivity contribution < 1.29 is 9.18 Å². The van der Waals surface area contributed by atoms with Crippen LogP contribution < -0.4 is 0 Å². The van der Waals surface area contributed by atoms with Crippen molar-refractivity contribution in [2.75, 3.05) is 0 Å². The summed E-state index contributed by atoms with van der Waals surface area (Å²) in [6.07, 6.45) is 2.81. The van der Waals surface area contributed by atoms with Crippen LogP contribution >= 0.6 is 15.9 Å². The van der Waals surface area contributed by atoms with E-state index >= 15 is 0 Å². The normalized spacial score (nSPS) is 13.0. The second-order valence-corrected chi connectivity index (χ2v) is 4.11. The van der Waals surface area contributed by atoms with Gasteiger partial charge in [0, 0.05) is 18.0 Å². The van der Waals surface area contributed by atoms with Crippen LogP contribution in [0.3, 0.4) is 0 Å². The topological polar surface area (TPSA) is 34.4 Å². The van der Waals surface area contributed by atoms with Gasteiger partial charge < -0.3 is 4.40 Å². The number of aldehydes is 1. The minimum Gasteiger partial charge on any atom is -0.305 e. The van der Waals surface area contributed by atoms with Crippen LogP contribution in [0.25, 0.3) is 5.65 Å². The van der Waals surface area contributed by atoms with E-state index in [-0.39, 0.29) is 0 Å². The molecule has 0 spiro atoms. The lowest BCUT2D eigenvalue weighted by molar-refractivity contribution is 0.111. The fourth-order valence-corrected chi connectivity index (χ4v) is 1.93. The van der Waals surface area contributed by atoms with Gasteiger partial charge in [-0.25, -0.2) is 9.37 Å². The van der Waals surface area contributed by atoms with Gasteiger partial charge in [-0.2, -0.15) is 0 Å². The zero-order valence-corrected chi connectivity index (χ0v) is 9.53. The molecular weight excluding hydrogens is 263 g/mol. The zero-order chi connectivity index (χ0) is 11.0. The van der Waals surface area contributed by atoms with Gasteiger partial charge in [-0.1, -0.05) is 0 Å². The highest BCUT2D eigenvalue weighted by Gasteiger charge is 2.09. The highest BCUT2D eigenvalue weighted by Crippen LogP contribution is 2.24. The Morgan fingerprint density at radius 3 is 2.93 bits per heavy atom. The SMILES string of the molecule is CC(F)c1cc(Br)c2nc(C=O)cn2c1. The summed E-state index contributed by atoms with van der Waals surface area (Å²) >= 11 is 3.29. The molecule has 78 valence electrons. The predicted octanol–water partition coefficient (Wildman–Crippen LogP) is 2.94. The van der Waals surface area contributed by atoms with Gasteiger partial charge in [0.1, 0.15) is 11.9 Å². The molecule has 2 rings (SSSR count). The first-order valence-electron chi connectivity index (χ1n) is 4.39. The number of hydrogen-bond acceptors (Lipinski definition) is 2. The number of hydrogen-bond donors (Lipinski definition) is 0. The Hall–Kier alpha value is -1.23. The highest BCUT2D eigenvalue weighted by molar-refractivity contribution is 9.10. The van der Waals surface area contributed by atoms with Crippen molar-refractivity contribution >= 4 is 27.9 Å². The van der Waals surface area contributed by atoms with Gasteiger partial charge >= 0.3 is 0 Å². The summed E-state index contributed by atoms with van der Waals surface area (Å²) in [7, 11) is 0. The van der Waals surface area contributed by atoms with Crippen molar-refractivity contribution in [3.8, 4) is 0 Å². The van der Waals surface area contributed by atoms with Crippen molar-refractivity contribution in [1.82, 2.24) is 9.38 Å². The highest BCUT2D eigenvalue weighted by atomic mass is 79.9. The van der Waals surface area contributed by atoms with E-state index < -0.39 is 6.17 Å². The molecule has 0 aliphatic heterocycles. The Labute approximate surface area is 94.1 Å². The molecule has 2 aromatic rings. The lowest BCUT2D eigenvalue weighted by Crippen LogP contribution is -1.92. The molecule has 0 N–H and O–H groups in total. The van der Waals surface area contributed by atoms with Crippen LogP contribution in [0, 0.1) is 0 Å². The number of carbonyl (C=O) groups is 1. The van der Waals surface area contributed by atoms with Crippen molar-refractivity contribution in [2.45, 2.75) is 13.1 Å². The number of nitrogens with zero attached hydrogens (tertiary/aromatic N) is 2. The number of pyridine rings is 1. The largest absolute Gasteiger partial charge is 0.305 e. The van der Waals surface area contributed by atoms with Crippen LogP contribution in [-0.4, -0.2) is 15.7 Å². The molecule has 5 heteroatoms. The van der Waals surface area contributed by atoms with Gasteiger partial charge in [-0.3, -0.25) is 4.79 Å². The Morgan fingerprint density at radius 1 is 1.60 bits per heavy atom. The smallest absolute Gasteiger partial charge is 0.170 e. The van der Waals surface area contributed by atoms with Crippen molar-refractivity contribution in [3.05, 3.63) is 34.2 Å². The molecule has 15 heavy (non-hydrogen) atoms. The van der Waals surface area contributed by atoms with E-state index in [4.69, 9.17) is 0 Å². The maximum atomic E-state index is 13.1. The molecule has 2 aromatic heterocycles. The van der Waals surface area contributed by atoms with Gasteiger partial charge in [-0.05, 0) is 28.9 Å². The summed E-state index contributed by atoms with van der Waals surface area (Å²) in [5.41, 5.74) is 1.49. The molecule has 2 heterocycles. The molecule has 0 fully saturated rings. The molecule has 3 nitrogen and oxygen atoms in total. The van der Waals surface area contributed by atoms with E-state index in [1.807, 2.05) is 0 Å². The second kappa shape index (κ2) is 3.73. The van der Waals surface area contributed by atoms with E-state index in [0.29, 0.717) is 27.7 Å². The molecule has 0 radical (unpaired) electrons. The van der Waals surface area contributed by atoms with Crippen LogP contribution in [0.4, 0.5) is 4.39 Å². The first-order valence-corrected chi connectivity index (χ1v) is 5.18. The number of imidazole rings is 1. The monoisotopic (exact) mass is 270 g/mol. The summed E-state index contributed by atoms with van der Waals surface area (Å²) in [5, 5.41) is 0. The third-order valence-electron chi connectivity index (χ3n) is 2.13. The summed E-state index contributed by atoms with van der Waals surface area (Å²) in [4.78, 5) is 14.6. The first-order chi connectivity index (χ1) is 7.11. The number of carbonyl (C=O) groups excluding carboxylic acids is 1. The average molecular weight is 271 g/mol. The van der Waals surface area contributed by atoms with E-state index in [9.17, 15) is 9.18 Å². The van der Waals surface area contributed by atoms with Crippen LogP contribution in [0.1, 0.15) is 29.1 Å². The van der Waals surface area contributed by atoms with Gasteiger partial charge in [-0.15, -0.1) is 0 Å². The molecular formula is C10H8BrFN2O. The van der Waals surface area contributed by atoms with E-state index in [1.165, 1.54) is 6.92 Å². The van der Waals surface area contributed by atoms with Gasteiger partial charge in [0.15, 0.2) is 11.9 Å². The maximum absolute atomic E-state index is 13.1. The number of halogens is 2. The van der Waals surface area contributed by atoms with E-state index in [0.717, 1.165) is 0 Å². The van der Waals surface area contributed by atoms with Crippen molar-refractivity contribution in [1.29, 1.82) is 0 Å². The fourth-order valence-electron chi connectivity index (χ4n) is 1.37. The molecule has 0 amide bonds. The van der Waals surface area contributed by atoms with Gasteiger partial charge in [0.25, 0.3) is 0 Å². The van der Waals surface area contributed by atoms with Crippen LogP contribution in [0.2, 0.25) is 0 Å². The summed E-state index contributed by atoms with van der Waals surface area (Å²) in [6.45, 7) is 1.46. The van der Waals surface area contributed by atoms with Crippen LogP contribution in [-0.2, 0) is 0 Å². The number of rotatable bonds is 2. The molecule has 0 aliphatic rings. The van der Waals surface area contributed by atoms with E-state index in [2.05, 4.69) is 20.9 Å². The third kappa shape index (κ3) is 1.79. The third-order valence-corrected chi connectivity index (χ3v) is 2.71. The maximum Gasteiger partial charge on any atom is 0.170 e. The molecule has 1 atom stereocenters. The number of alkyl halides is 1. The number of aromatic nitrogens is 2. The van der Waals surface area contributed by atoms with Crippen molar-refractivity contribution in [2.24, 2.45) is 0 Å². The summed E-state index contributed by atoms with van der Waals surface area (Å²) in [5.74, 6) is 0. The lowest BCUT2D eigenvalue weighted by Gasteiger charge is -2.04. The Bertz CT molecular complexity index is 521. The number of fused-ring (bicyclic) bond motifs is 1. The van der Waals surface area contributed by atoms with Crippen LogP contribution in [0.5, 0.6) is 0 Å².